The van der Waals surface area contributed by atoms with Crippen LogP contribution in [-0.2, 0) is 9.84 Å². The number of fused-ring (bicyclic) bond motifs is 1. The Hall–Kier alpha value is -1.44. The van der Waals surface area contributed by atoms with E-state index in [0.717, 1.165) is 30.5 Å². The monoisotopic (exact) mass is 336 g/mol. The number of para-hydroxylation sites is 2. The predicted octanol–water partition coefficient (Wildman–Crippen LogP) is 1.17. The molecule has 0 spiro atoms. The molecule has 1 N–H and O–H groups in total. The minimum absolute atomic E-state index is 0.0500. The van der Waals surface area contributed by atoms with Gasteiger partial charge in [0.1, 0.15) is 5.52 Å². The maximum Gasteiger partial charge on any atom is 0.199 e. The summed E-state index contributed by atoms with van der Waals surface area (Å²) in [7, 11) is -3.13. The zero-order chi connectivity index (χ0) is 16.0. The van der Waals surface area contributed by atoms with Crippen LogP contribution in [0.2, 0.25) is 0 Å². The standard InChI is InChI=1S/C16H20N2O4S/c19-14-10-23(20,21)9-13(14)18-7-3-4-11(8-18)16-17-12-5-1-2-6-15(12)22-16/h1-2,5-6,11,13-14,19H,3-4,7-10H2/t11-,13+,14-/m1/s1. The van der Waals surface area contributed by atoms with Gasteiger partial charge in [-0.05, 0) is 31.5 Å². The Morgan fingerprint density at radius 1 is 1.26 bits per heavy atom. The topological polar surface area (TPSA) is 83.6 Å². The second kappa shape index (κ2) is 5.58. The highest BCUT2D eigenvalue weighted by atomic mass is 32.2. The number of benzene rings is 1. The van der Waals surface area contributed by atoms with E-state index in [1.807, 2.05) is 24.3 Å². The van der Waals surface area contributed by atoms with Crippen molar-refractivity contribution in [2.75, 3.05) is 24.6 Å². The number of aliphatic hydroxyl groups excluding tert-OH is 1. The molecule has 124 valence electrons. The SMILES string of the molecule is O=S1(=O)C[C@@H](O)[C@@H](N2CCC[C@@H](c3nc4ccccc4o3)C2)C1. The van der Waals surface area contributed by atoms with Crippen molar-refractivity contribution in [3.63, 3.8) is 0 Å². The molecule has 2 aliphatic rings. The molecule has 0 aliphatic carbocycles. The third kappa shape index (κ3) is 2.88. The fourth-order valence-corrected chi connectivity index (χ4v) is 5.57. The molecule has 3 heterocycles. The van der Waals surface area contributed by atoms with E-state index >= 15 is 0 Å². The highest BCUT2D eigenvalue weighted by Gasteiger charge is 2.41. The van der Waals surface area contributed by atoms with E-state index in [1.165, 1.54) is 0 Å². The van der Waals surface area contributed by atoms with E-state index in [4.69, 9.17) is 4.42 Å². The van der Waals surface area contributed by atoms with Crippen molar-refractivity contribution in [1.82, 2.24) is 9.88 Å². The molecule has 7 heteroatoms. The van der Waals surface area contributed by atoms with Gasteiger partial charge in [0.25, 0.3) is 0 Å². The van der Waals surface area contributed by atoms with Gasteiger partial charge in [-0.1, -0.05) is 12.1 Å². The van der Waals surface area contributed by atoms with Gasteiger partial charge in [0.05, 0.1) is 23.7 Å². The van der Waals surface area contributed by atoms with Gasteiger partial charge in [-0.25, -0.2) is 13.4 Å². The van der Waals surface area contributed by atoms with Gasteiger partial charge in [-0.15, -0.1) is 0 Å². The summed E-state index contributed by atoms with van der Waals surface area (Å²) in [5.74, 6) is 0.786. The summed E-state index contributed by atoms with van der Waals surface area (Å²) in [6.45, 7) is 1.50. The second-order valence-corrected chi connectivity index (χ2v) is 8.72. The Labute approximate surface area is 135 Å². The van der Waals surface area contributed by atoms with Gasteiger partial charge >= 0.3 is 0 Å². The Kier molecular flexibility index (Phi) is 3.66. The first kappa shape index (κ1) is 15.1. The predicted molar refractivity (Wildman–Crippen MR) is 86.0 cm³/mol. The molecule has 1 aromatic heterocycles. The first-order chi connectivity index (χ1) is 11.0. The molecule has 0 bridgehead atoms. The highest BCUT2D eigenvalue weighted by Crippen LogP contribution is 2.31. The lowest BCUT2D eigenvalue weighted by atomic mass is 9.96. The molecule has 0 amide bonds. The molecular weight excluding hydrogens is 316 g/mol. The number of hydrogen-bond acceptors (Lipinski definition) is 6. The molecule has 3 atom stereocenters. The van der Waals surface area contributed by atoms with Crippen molar-refractivity contribution in [3.05, 3.63) is 30.2 Å². The molecule has 2 fully saturated rings. The molecule has 0 saturated carbocycles. The maximum atomic E-state index is 11.7. The summed E-state index contributed by atoms with van der Waals surface area (Å²) in [4.78, 5) is 6.67. The molecular formula is C16H20N2O4S. The number of aromatic nitrogens is 1. The summed E-state index contributed by atoms with van der Waals surface area (Å²) in [5.41, 5.74) is 1.63. The van der Waals surface area contributed by atoms with Gasteiger partial charge in [0.15, 0.2) is 21.3 Å². The largest absolute Gasteiger partial charge is 0.440 e. The molecule has 1 aromatic carbocycles. The Bertz CT molecular complexity index is 783. The van der Waals surface area contributed by atoms with E-state index in [-0.39, 0.29) is 23.5 Å². The lowest BCUT2D eigenvalue weighted by Gasteiger charge is -2.36. The van der Waals surface area contributed by atoms with Crippen LogP contribution >= 0.6 is 0 Å². The van der Waals surface area contributed by atoms with Gasteiger partial charge in [0, 0.05) is 12.5 Å². The van der Waals surface area contributed by atoms with E-state index < -0.39 is 15.9 Å². The normalized spacial score (nSPS) is 31.6. The number of oxazole rings is 1. The third-order valence-electron chi connectivity index (χ3n) is 4.88. The van der Waals surface area contributed by atoms with Crippen molar-refractivity contribution >= 4 is 20.9 Å². The fourth-order valence-electron chi connectivity index (χ4n) is 3.73. The second-order valence-electron chi connectivity index (χ2n) is 6.57. The maximum absolute atomic E-state index is 11.7. The Morgan fingerprint density at radius 3 is 2.83 bits per heavy atom. The van der Waals surface area contributed by atoms with Crippen LogP contribution in [0.1, 0.15) is 24.7 Å². The molecule has 4 rings (SSSR count). The van der Waals surface area contributed by atoms with E-state index in [1.54, 1.807) is 0 Å². The lowest BCUT2D eigenvalue weighted by molar-refractivity contribution is 0.0615. The average Bonchev–Trinajstić information content (AvgIpc) is 3.07. The summed E-state index contributed by atoms with van der Waals surface area (Å²) in [5, 5.41) is 10.1. The summed E-state index contributed by atoms with van der Waals surface area (Å²) < 4.78 is 29.4. The first-order valence-corrected chi connectivity index (χ1v) is 9.82. The summed E-state index contributed by atoms with van der Waals surface area (Å²) >= 11 is 0. The quantitative estimate of drug-likeness (QED) is 0.886. The fraction of sp³-hybridized carbons (Fsp3) is 0.562. The number of likely N-dealkylation sites (tertiary alicyclic amines) is 1. The number of rotatable bonds is 2. The molecule has 0 unspecified atom stereocenters. The van der Waals surface area contributed by atoms with Gasteiger partial charge in [-0.2, -0.15) is 0 Å². The zero-order valence-electron chi connectivity index (χ0n) is 12.8. The van der Waals surface area contributed by atoms with Crippen LogP contribution in [0.5, 0.6) is 0 Å². The minimum Gasteiger partial charge on any atom is -0.440 e. The van der Waals surface area contributed by atoms with Crippen LogP contribution in [0.25, 0.3) is 11.1 Å². The number of hydrogen-bond donors (Lipinski definition) is 1. The number of piperidine rings is 1. The van der Waals surface area contributed by atoms with Gasteiger partial charge in [0.2, 0.25) is 0 Å². The molecule has 6 nitrogen and oxygen atoms in total. The molecule has 2 aliphatic heterocycles. The van der Waals surface area contributed by atoms with Crippen molar-refractivity contribution in [1.29, 1.82) is 0 Å². The third-order valence-corrected chi connectivity index (χ3v) is 6.57. The van der Waals surface area contributed by atoms with Gasteiger partial charge in [-0.3, -0.25) is 4.90 Å². The van der Waals surface area contributed by atoms with E-state index in [9.17, 15) is 13.5 Å². The van der Waals surface area contributed by atoms with Crippen molar-refractivity contribution in [3.8, 4) is 0 Å². The number of aliphatic hydroxyl groups is 1. The lowest BCUT2D eigenvalue weighted by Crippen LogP contribution is -2.47. The van der Waals surface area contributed by atoms with Crippen molar-refractivity contribution in [2.24, 2.45) is 0 Å². The van der Waals surface area contributed by atoms with Crippen LogP contribution in [0.15, 0.2) is 28.7 Å². The van der Waals surface area contributed by atoms with Crippen LogP contribution in [-0.4, -0.2) is 60.1 Å². The van der Waals surface area contributed by atoms with Crippen LogP contribution in [0.4, 0.5) is 0 Å². The van der Waals surface area contributed by atoms with Gasteiger partial charge < -0.3 is 9.52 Å². The molecule has 2 saturated heterocycles. The Balaban J connectivity index is 1.55. The highest BCUT2D eigenvalue weighted by molar-refractivity contribution is 7.91. The minimum atomic E-state index is -3.13. The molecule has 2 aromatic rings. The number of nitrogens with zero attached hydrogens (tertiary/aromatic N) is 2. The van der Waals surface area contributed by atoms with Crippen LogP contribution in [0.3, 0.4) is 0 Å². The first-order valence-electron chi connectivity index (χ1n) is 8.00. The van der Waals surface area contributed by atoms with Crippen LogP contribution in [0, 0.1) is 0 Å². The van der Waals surface area contributed by atoms with Crippen molar-refractivity contribution < 1.29 is 17.9 Å². The molecule has 23 heavy (non-hydrogen) atoms. The smallest absolute Gasteiger partial charge is 0.199 e. The summed E-state index contributed by atoms with van der Waals surface area (Å²) in [6, 6.07) is 7.38. The van der Waals surface area contributed by atoms with Crippen LogP contribution < -0.4 is 0 Å². The zero-order valence-corrected chi connectivity index (χ0v) is 13.6. The Morgan fingerprint density at radius 2 is 2.09 bits per heavy atom. The van der Waals surface area contributed by atoms with E-state index in [0.29, 0.717) is 12.4 Å². The summed E-state index contributed by atoms with van der Waals surface area (Å²) in [6.07, 6.45) is 1.13. The number of sulfone groups is 1. The average molecular weight is 336 g/mol. The van der Waals surface area contributed by atoms with Crippen molar-refractivity contribution in [2.45, 2.75) is 30.9 Å². The molecule has 0 radical (unpaired) electrons. The van der Waals surface area contributed by atoms with E-state index in [2.05, 4.69) is 9.88 Å².